The van der Waals surface area contributed by atoms with Crippen molar-refractivity contribution in [2.75, 3.05) is 19.4 Å². The van der Waals surface area contributed by atoms with Crippen molar-refractivity contribution >= 4 is 41.3 Å². The number of methoxy groups -OCH3 is 1. The normalized spacial score (nSPS) is 20.8. The van der Waals surface area contributed by atoms with E-state index in [9.17, 15) is 24.0 Å². The summed E-state index contributed by atoms with van der Waals surface area (Å²) in [6, 6.07) is 5.31. The Kier molecular flexibility index (Phi) is 12.3. The van der Waals surface area contributed by atoms with Crippen LogP contribution in [0.2, 0.25) is 0 Å². The van der Waals surface area contributed by atoms with Crippen LogP contribution in [0.4, 0.5) is 4.79 Å². The summed E-state index contributed by atoms with van der Waals surface area (Å²) in [7, 11) is 1.55. The number of rotatable bonds is 16. The molecule has 1 unspecified atom stereocenters. The quantitative estimate of drug-likeness (QED) is 0.112. The van der Waals surface area contributed by atoms with Crippen LogP contribution in [-0.4, -0.2) is 78.4 Å². The number of carbonyl (C=O) groups excluding carboxylic acids is 5. The summed E-state index contributed by atoms with van der Waals surface area (Å²) >= 11 is 1.84. The summed E-state index contributed by atoms with van der Waals surface area (Å²) < 4.78 is 5.18. The second kappa shape index (κ2) is 15.6. The molecule has 3 rings (SSSR count). The molecular formula is C29H43N5O6S. The van der Waals surface area contributed by atoms with Gasteiger partial charge in [0.05, 0.1) is 19.2 Å². The first-order chi connectivity index (χ1) is 19.6. The fourth-order valence-electron chi connectivity index (χ4n) is 5.13. The summed E-state index contributed by atoms with van der Waals surface area (Å²) in [4.78, 5) is 63.1. The number of hydrogen-bond acceptors (Lipinski definition) is 7. The average Bonchev–Trinajstić information content (AvgIpc) is 3.49. The minimum Gasteiger partial charge on any atom is -0.497 e. The summed E-state index contributed by atoms with van der Waals surface area (Å²) in [5.41, 5.74) is 0.748. The maximum Gasteiger partial charge on any atom is 0.315 e. The highest BCUT2D eigenvalue weighted by atomic mass is 32.2. The van der Waals surface area contributed by atoms with Crippen LogP contribution in [0.15, 0.2) is 24.3 Å². The number of benzene rings is 1. The zero-order chi connectivity index (χ0) is 29.9. The number of nitrogens with one attached hydrogen (secondary N) is 5. The molecule has 0 aromatic heterocycles. The van der Waals surface area contributed by atoms with Crippen molar-refractivity contribution in [3.63, 3.8) is 0 Å². The second-order valence-corrected chi connectivity index (χ2v) is 12.2. The van der Waals surface area contributed by atoms with E-state index >= 15 is 0 Å². The molecule has 0 aliphatic carbocycles. The van der Waals surface area contributed by atoms with Crippen LogP contribution >= 0.6 is 11.8 Å². The monoisotopic (exact) mass is 589 g/mol. The van der Waals surface area contributed by atoms with E-state index < -0.39 is 29.7 Å². The SMILES string of the molecule is CCNC(=O)C(=O)[C@H](Cc1ccc(OC)cc1)NC(=O)[C@H](CC(C)C)NC(=O)CCCCC1SC[C@@H]2NC(=O)N[C@H]12. The fraction of sp³-hybridized carbons (Fsp3) is 0.621. The minimum absolute atomic E-state index is 0.104. The summed E-state index contributed by atoms with van der Waals surface area (Å²) in [6.45, 7) is 5.89. The maximum absolute atomic E-state index is 13.4. The number of urea groups is 1. The van der Waals surface area contributed by atoms with E-state index in [0.717, 1.165) is 24.2 Å². The van der Waals surface area contributed by atoms with Crippen molar-refractivity contribution in [2.45, 2.75) is 88.7 Å². The molecule has 5 amide bonds. The number of hydrogen-bond donors (Lipinski definition) is 5. The van der Waals surface area contributed by atoms with Gasteiger partial charge in [0.2, 0.25) is 17.6 Å². The number of ketones is 1. The Hall–Kier alpha value is -3.28. The maximum atomic E-state index is 13.4. The van der Waals surface area contributed by atoms with E-state index in [2.05, 4.69) is 26.6 Å². The van der Waals surface area contributed by atoms with Gasteiger partial charge in [0, 0.05) is 30.4 Å². The lowest BCUT2D eigenvalue weighted by molar-refractivity contribution is -0.140. The first-order valence-electron chi connectivity index (χ1n) is 14.3. The molecule has 11 nitrogen and oxygen atoms in total. The Bertz CT molecular complexity index is 1080. The van der Waals surface area contributed by atoms with E-state index in [1.54, 1.807) is 38.3 Å². The van der Waals surface area contributed by atoms with Crippen LogP contribution in [0.3, 0.4) is 0 Å². The van der Waals surface area contributed by atoms with Crippen molar-refractivity contribution in [1.82, 2.24) is 26.6 Å². The number of amides is 5. The highest BCUT2D eigenvalue weighted by Crippen LogP contribution is 2.33. The smallest absolute Gasteiger partial charge is 0.315 e. The third kappa shape index (κ3) is 9.65. The number of unbranched alkanes of at least 4 members (excludes halogenated alkanes) is 1. The van der Waals surface area contributed by atoms with E-state index in [4.69, 9.17) is 4.74 Å². The van der Waals surface area contributed by atoms with Gasteiger partial charge in [-0.15, -0.1) is 0 Å². The van der Waals surface area contributed by atoms with Crippen molar-refractivity contribution in [1.29, 1.82) is 0 Å². The van der Waals surface area contributed by atoms with Gasteiger partial charge in [-0.25, -0.2) is 4.79 Å². The highest BCUT2D eigenvalue weighted by molar-refractivity contribution is 8.00. The molecule has 2 saturated heterocycles. The topological polar surface area (TPSA) is 155 Å². The summed E-state index contributed by atoms with van der Waals surface area (Å²) in [5, 5.41) is 14.3. The van der Waals surface area contributed by atoms with E-state index in [1.807, 2.05) is 25.6 Å². The first-order valence-corrected chi connectivity index (χ1v) is 15.4. The van der Waals surface area contributed by atoms with E-state index in [0.29, 0.717) is 23.8 Å². The average molecular weight is 590 g/mol. The summed E-state index contributed by atoms with van der Waals surface area (Å²) in [5.74, 6) is -0.601. The molecule has 0 saturated carbocycles. The molecule has 2 heterocycles. The lowest BCUT2D eigenvalue weighted by atomic mass is 9.99. The van der Waals surface area contributed by atoms with Gasteiger partial charge in [-0.05, 0) is 49.8 Å². The zero-order valence-electron chi connectivity index (χ0n) is 24.3. The molecule has 1 aromatic carbocycles. The van der Waals surface area contributed by atoms with Gasteiger partial charge in [-0.1, -0.05) is 32.4 Å². The van der Waals surface area contributed by atoms with Crippen LogP contribution in [0.1, 0.15) is 58.4 Å². The van der Waals surface area contributed by atoms with E-state index in [-0.39, 0.29) is 49.3 Å². The van der Waals surface area contributed by atoms with Crippen LogP contribution in [0.5, 0.6) is 5.75 Å². The Morgan fingerprint density at radius 1 is 1.05 bits per heavy atom. The third-order valence-corrected chi connectivity index (χ3v) is 8.74. The Morgan fingerprint density at radius 3 is 2.44 bits per heavy atom. The van der Waals surface area contributed by atoms with Crippen molar-refractivity contribution in [2.24, 2.45) is 5.92 Å². The van der Waals surface area contributed by atoms with Gasteiger partial charge in [-0.3, -0.25) is 19.2 Å². The number of Topliss-reactive ketones (excluding diaryl/α,β-unsaturated/α-hetero) is 1. The van der Waals surface area contributed by atoms with Crippen molar-refractivity contribution < 1.29 is 28.7 Å². The molecular weight excluding hydrogens is 546 g/mol. The standard InChI is InChI=1S/C29H43N5O6S/c1-5-30-28(38)26(36)20(15-18-10-12-19(40-4)13-11-18)32-27(37)21(14-17(2)3)31-24(35)9-7-6-8-23-25-22(16-41-23)33-29(39)34-25/h10-13,17,20-23,25H,5-9,14-16H2,1-4H3,(H,30,38)(H,31,35)(H,32,37)(H2,33,34,39)/t20-,21-,22-,23?,25-/m0/s1. The number of fused-ring (bicyclic) bond motifs is 1. The molecule has 0 bridgehead atoms. The molecule has 226 valence electrons. The molecule has 12 heteroatoms. The Morgan fingerprint density at radius 2 is 1.78 bits per heavy atom. The van der Waals surface area contributed by atoms with Crippen molar-refractivity contribution in [3.8, 4) is 5.75 Å². The molecule has 0 spiro atoms. The Balaban J connectivity index is 1.56. The highest BCUT2D eigenvalue weighted by Gasteiger charge is 2.42. The first kappa shape index (κ1) is 32.2. The van der Waals surface area contributed by atoms with Gasteiger partial charge in [0.25, 0.3) is 5.91 Å². The van der Waals surface area contributed by atoms with Gasteiger partial charge in [0.1, 0.15) is 17.8 Å². The number of likely N-dealkylation sites (N-methyl/N-ethyl adjacent to an activating group) is 1. The van der Waals surface area contributed by atoms with Crippen LogP contribution in [-0.2, 0) is 25.6 Å². The van der Waals surface area contributed by atoms with Gasteiger partial charge < -0.3 is 31.3 Å². The lowest BCUT2D eigenvalue weighted by Gasteiger charge is -2.24. The summed E-state index contributed by atoms with van der Waals surface area (Å²) in [6.07, 6.45) is 3.16. The third-order valence-electron chi connectivity index (χ3n) is 7.23. The van der Waals surface area contributed by atoms with Crippen molar-refractivity contribution in [3.05, 3.63) is 29.8 Å². The molecule has 2 aliphatic rings. The number of carbonyl (C=O) groups is 5. The number of thioether (sulfide) groups is 1. The van der Waals surface area contributed by atoms with Crippen LogP contribution in [0, 0.1) is 5.92 Å². The van der Waals surface area contributed by atoms with Gasteiger partial charge >= 0.3 is 6.03 Å². The van der Waals surface area contributed by atoms with Crippen LogP contribution < -0.4 is 31.3 Å². The predicted molar refractivity (Wildman–Crippen MR) is 158 cm³/mol. The van der Waals surface area contributed by atoms with Gasteiger partial charge in [0.15, 0.2) is 0 Å². The molecule has 5 N–H and O–H groups in total. The van der Waals surface area contributed by atoms with E-state index in [1.165, 1.54) is 0 Å². The largest absolute Gasteiger partial charge is 0.497 e. The predicted octanol–water partition coefficient (Wildman–Crippen LogP) is 1.68. The van der Waals surface area contributed by atoms with Gasteiger partial charge in [-0.2, -0.15) is 11.8 Å². The Labute approximate surface area is 246 Å². The molecule has 1 aromatic rings. The number of ether oxygens (including phenoxy) is 1. The molecule has 2 aliphatic heterocycles. The molecule has 41 heavy (non-hydrogen) atoms. The molecule has 0 radical (unpaired) electrons. The minimum atomic E-state index is -1.09. The lowest BCUT2D eigenvalue weighted by Crippen LogP contribution is -2.54. The van der Waals surface area contributed by atoms with Crippen LogP contribution in [0.25, 0.3) is 0 Å². The zero-order valence-corrected chi connectivity index (χ0v) is 25.1. The molecule has 2 fully saturated rings. The second-order valence-electron chi connectivity index (χ2n) is 11.0. The molecule has 5 atom stereocenters. The fourth-order valence-corrected chi connectivity index (χ4v) is 6.67.